The standard InChI is InChI=1S/C11H14N2O6/c14-5-8-9(15)10(16)11(19-8)12-6-3-1-2-4-7(6)13(17)18/h1-4,8-12,14-16H,5H2/t8-,9-,10+,11+/m0/s1. The Hall–Kier alpha value is -1.74. The highest BCUT2D eigenvalue weighted by molar-refractivity contribution is 5.61. The van der Waals surface area contributed by atoms with Gasteiger partial charge in [0.05, 0.1) is 11.5 Å². The molecule has 0 aliphatic carbocycles. The summed E-state index contributed by atoms with van der Waals surface area (Å²) in [6, 6.07) is 5.88. The third-order valence-electron chi connectivity index (χ3n) is 2.94. The van der Waals surface area contributed by atoms with Gasteiger partial charge in [-0.15, -0.1) is 0 Å². The number of benzene rings is 1. The van der Waals surface area contributed by atoms with Crippen LogP contribution in [0.25, 0.3) is 0 Å². The zero-order chi connectivity index (χ0) is 14.0. The summed E-state index contributed by atoms with van der Waals surface area (Å²) in [4.78, 5) is 10.3. The Morgan fingerprint density at radius 1 is 1.32 bits per heavy atom. The van der Waals surface area contributed by atoms with Crippen LogP contribution in [0.5, 0.6) is 0 Å². The Morgan fingerprint density at radius 3 is 2.58 bits per heavy atom. The first-order chi connectivity index (χ1) is 9.04. The number of nitro groups is 1. The third-order valence-corrected chi connectivity index (χ3v) is 2.94. The molecule has 0 aromatic heterocycles. The predicted molar refractivity (Wildman–Crippen MR) is 64.5 cm³/mol. The summed E-state index contributed by atoms with van der Waals surface area (Å²) in [6.45, 7) is -0.451. The highest BCUT2D eigenvalue weighted by atomic mass is 16.6. The molecule has 0 bridgehead atoms. The van der Waals surface area contributed by atoms with Crippen LogP contribution in [-0.4, -0.2) is 51.4 Å². The normalized spacial score (nSPS) is 30.3. The second kappa shape index (κ2) is 5.49. The van der Waals surface area contributed by atoms with Crippen molar-refractivity contribution in [3.63, 3.8) is 0 Å². The molecule has 4 atom stereocenters. The quantitative estimate of drug-likeness (QED) is 0.427. The van der Waals surface area contributed by atoms with Crippen molar-refractivity contribution in [2.75, 3.05) is 11.9 Å². The largest absolute Gasteiger partial charge is 0.394 e. The van der Waals surface area contributed by atoms with Crippen LogP contribution < -0.4 is 5.32 Å². The van der Waals surface area contributed by atoms with Crippen molar-refractivity contribution in [1.82, 2.24) is 0 Å². The van der Waals surface area contributed by atoms with Gasteiger partial charge in [-0.1, -0.05) is 12.1 Å². The van der Waals surface area contributed by atoms with Crippen LogP contribution in [0.15, 0.2) is 24.3 Å². The minimum atomic E-state index is -1.28. The molecule has 19 heavy (non-hydrogen) atoms. The van der Waals surface area contributed by atoms with E-state index in [9.17, 15) is 20.3 Å². The molecule has 1 aliphatic rings. The minimum Gasteiger partial charge on any atom is -0.394 e. The van der Waals surface area contributed by atoms with Crippen LogP contribution in [0.1, 0.15) is 0 Å². The number of nitrogens with zero attached hydrogens (tertiary/aromatic N) is 1. The number of ether oxygens (including phenoxy) is 1. The molecule has 0 unspecified atom stereocenters. The summed E-state index contributed by atoms with van der Waals surface area (Å²) in [5, 5.41) is 41.7. The molecule has 0 amide bonds. The van der Waals surface area contributed by atoms with E-state index >= 15 is 0 Å². The number of hydrogen-bond donors (Lipinski definition) is 4. The molecule has 0 saturated carbocycles. The number of aliphatic hydroxyl groups is 3. The van der Waals surface area contributed by atoms with Crippen LogP contribution in [-0.2, 0) is 4.74 Å². The van der Waals surface area contributed by atoms with Crippen LogP contribution in [0, 0.1) is 10.1 Å². The maximum Gasteiger partial charge on any atom is 0.292 e. The predicted octanol–water partition coefficient (Wildman–Crippen LogP) is -0.554. The zero-order valence-corrected chi connectivity index (χ0v) is 9.84. The van der Waals surface area contributed by atoms with E-state index in [1.807, 2.05) is 0 Å². The molecule has 1 heterocycles. The van der Waals surface area contributed by atoms with Gasteiger partial charge in [0.2, 0.25) is 0 Å². The number of para-hydroxylation sites is 2. The fraction of sp³-hybridized carbons (Fsp3) is 0.455. The smallest absolute Gasteiger partial charge is 0.292 e. The van der Waals surface area contributed by atoms with Crippen LogP contribution in [0.3, 0.4) is 0 Å². The van der Waals surface area contributed by atoms with Gasteiger partial charge in [-0.25, -0.2) is 0 Å². The van der Waals surface area contributed by atoms with Gasteiger partial charge >= 0.3 is 0 Å². The topological polar surface area (TPSA) is 125 Å². The molecular formula is C11H14N2O6. The molecular weight excluding hydrogens is 256 g/mol. The van der Waals surface area contributed by atoms with Crippen molar-refractivity contribution in [2.24, 2.45) is 0 Å². The molecule has 1 aliphatic heterocycles. The molecule has 2 rings (SSSR count). The maximum absolute atomic E-state index is 10.8. The molecule has 104 valence electrons. The van der Waals surface area contributed by atoms with Gasteiger partial charge in [0.15, 0.2) is 6.23 Å². The van der Waals surface area contributed by atoms with E-state index in [0.29, 0.717) is 0 Å². The monoisotopic (exact) mass is 270 g/mol. The fourth-order valence-electron chi connectivity index (χ4n) is 1.93. The fourth-order valence-corrected chi connectivity index (χ4v) is 1.93. The summed E-state index contributed by atoms with van der Waals surface area (Å²) in [5.74, 6) is 0. The first kappa shape index (κ1) is 13.7. The lowest BCUT2D eigenvalue weighted by atomic mass is 10.1. The number of aliphatic hydroxyl groups excluding tert-OH is 3. The minimum absolute atomic E-state index is 0.166. The molecule has 1 aromatic carbocycles. The van der Waals surface area contributed by atoms with Gasteiger partial charge in [-0.2, -0.15) is 0 Å². The summed E-state index contributed by atoms with van der Waals surface area (Å²) in [7, 11) is 0. The summed E-state index contributed by atoms with van der Waals surface area (Å²) in [6.07, 6.45) is -4.47. The Labute approximate surface area is 108 Å². The number of nitro benzene ring substituents is 1. The number of nitrogens with one attached hydrogen (secondary N) is 1. The lowest BCUT2D eigenvalue weighted by Gasteiger charge is -2.17. The molecule has 4 N–H and O–H groups in total. The highest BCUT2D eigenvalue weighted by Gasteiger charge is 2.42. The molecule has 8 heteroatoms. The van der Waals surface area contributed by atoms with Gasteiger partial charge in [-0.05, 0) is 6.07 Å². The van der Waals surface area contributed by atoms with E-state index in [0.717, 1.165) is 0 Å². The van der Waals surface area contributed by atoms with E-state index in [2.05, 4.69) is 5.32 Å². The number of hydrogen-bond acceptors (Lipinski definition) is 7. The van der Waals surface area contributed by atoms with Crippen molar-refractivity contribution in [3.05, 3.63) is 34.4 Å². The van der Waals surface area contributed by atoms with E-state index in [4.69, 9.17) is 9.84 Å². The first-order valence-corrected chi connectivity index (χ1v) is 5.67. The molecule has 0 spiro atoms. The van der Waals surface area contributed by atoms with Gasteiger partial charge in [0, 0.05) is 6.07 Å². The second-order valence-corrected chi connectivity index (χ2v) is 4.18. The van der Waals surface area contributed by atoms with Gasteiger partial charge in [-0.3, -0.25) is 10.1 Å². The van der Waals surface area contributed by atoms with E-state index in [1.54, 1.807) is 6.07 Å². The van der Waals surface area contributed by atoms with E-state index < -0.39 is 36.1 Å². The van der Waals surface area contributed by atoms with Crippen LogP contribution in [0.2, 0.25) is 0 Å². The molecule has 0 radical (unpaired) electrons. The lowest BCUT2D eigenvalue weighted by Crippen LogP contribution is -2.36. The SMILES string of the molecule is O=[N+]([O-])c1ccccc1N[C@@H]1O[C@@H](CO)[C@H](O)[C@H]1O. The van der Waals surface area contributed by atoms with Crippen molar-refractivity contribution in [1.29, 1.82) is 0 Å². The molecule has 8 nitrogen and oxygen atoms in total. The zero-order valence-electron chi connectivity index (χ0n) is 9.84. The Morgan fingerprint density at radius 2 is 2.00 bits per heavy atom. The van der Waals surface area contributed by atoms with E-state index in [1.165, 1.54) is 18.2 Å². The third kappa shape index (κ3) is 2.66. The Balaban J connectivity index is 2.16. The van der Waals surface area contributed by atoms with Crippen molar-refractivity contribution in [3.8, 4) is 0 Å². The van der Waals surface area contributed by atoms with Crippen LogP contribution in [0.4, 0.5) is 11.4 Å². The average Bonchev–Trinajstić information content (AvgIpc) is 2.67. The average molecular weight is 270 g/mol. The van der Waals surface area contributed by atoms with Gasteiger partial charge in [0.1, 0.15) is 24.0 Å². The first-order valence-electron chi connectivity index (χ1n) is 5.67. The summed E-state index contributed by atoms with van der Waals surface area (Å²) in [5.41, 5.74) is 0.00239. The van der Waals surface area contributed by atoms with E-state index in [-0.39, 0.29) is 11.4 Å². The maximum atomic E-state index is 10.8. The summed E-state index contributed by atoms with van der Waals surface area (Å²) >= 11 is 0. The highest BCUT2D eigenvalue weighted by Crippen LogP contribution is 2.28. The molecule has 1 aromatic rings. The Kier molecular flexibility index (Phi) is 3.96. The lowest BCUT2D eigenvalue weighted by molar-refractivity contribution is -0.384. The van der Waals surface area contributed by atoms with Crippen molar-refractivity contribution >= 4 is 11.4 Å². The second-order valence-electron chi connectivity index (χ2n) is 4.18. The van der Waals surface area contributed by atoms with Gasteiger partial charge in [0.25, 0.3) is 5.69 Å². The van der Waals surface area contributed by atoms with Gasteiger partial charge < -0.3 is 25.4 Å². The molecule has 1 saturated heterocycles. The number of anilines is 1. The van der Waals surface area contributed by atoms with Crippen molar-refractivity contribution in [2.45, 2.75) is 24.5 Å². The molecule has 1 fully saturated rings. The Bertz CT molecular complexity index is 468. The summed E-state index contributed by atoms with van der Waals surface area (Å²) < 4.78 is 5.19. The number of rotatable bonds is 4. The van der Waals surface area contributed by atoms with Crippen molar-refractivity contribution < 1.29 is 25.0 Å². The van der Waals surface area contributed by atoms with Crippen LogP contribution >= 0.6 is 0 Å².